The Morgan fingerprint density at radius 3 is 3.00 bits per heavy atom. The fourth-order valence-electron chi connectivity index (χ4n) is 3.31. The van der Waals surface area contributed by atoms with Gasteiger partial charge in [0.15, 0.2) is 6.04 Å². The molecular formula is C16H22N6O3. The van der Waals surface area contributed by atoms with Gasteiger partial charge in [0.25, 0.3) is 0 Å². The molecule has 1 saturated heterocycles. The van der Waals surface area contributed by atoms with Gasteiger partial charge in [-0.2, -0.15) is 5.10 Å². The normalized spacial score (nSPS) is 21.2. The summed E-state index contributed by atoms with van der Waals surface area (Å²) in [5.41, 5.74) is 2.34. The monoisotopic (exact) mass is 346 g/mol. The van der Waals surface area contributed by atoms with Crippen molar-refractivity contribution < 1.29 is 14.6 Å². The second-order valence-corrected chi connectivity index (χ2v) is 6.37. The van der Waals surface area contributed by atoms with Gasteiger partial charge in [-0.05, 0) is 0 Å². The number of aromatic amines is 1. The smallest absolute Gasteiger partial charge is 0.327 e. The number of morpholine rings is 1. The number of imidazole rings is 1. The molecule has 0 bridgehead atoms. The Morgan fingerprint density at radius 1 is 1.36 bits per heavy atom. The third-order valence-electron chi connectivity index (χ3n) is 4.71. The van der Waals surface area contributed by atoms with Crippen LogP contribution in [0.5, 0.6) is 0 Å². The molecule has 0 spiro atoms. The van der Waals surface area contributed by atoms with E-state index in [1.807, 2.05) is 10.9 Å². The molecule has 0 amide bonds. The Hall–Kier alpha value is -2.23. The number of carboxylic acids is 1. The molecule has 25 heavy (non-hydrogen) atoms. The largest absolute Gasteiger partial charge is 0.480 e. The molecule has 4 heterocycles. The molecular weight excluding hydrogens is 324 g/mol. The van der Waals surface area contributed by atoms with E-state index in [-0.39, 0.29) is 0 Å². The zero-order valence-corrected chi connectivity index (χ0v) is 13.9. The van der Waals surface area contributed by atoms with Crippen LogP contribution in [0, 0.1) is 0 Å². The van der Waals surface area contributed by atoms with Crippen molar-refractivity contribution in [1.82, 2.24) is 30.0 Å². The maximum absolute atomic E-state index is 11.4. The van der Waals surface area contributed by atoms with Crippen molar-refractivity contribution in [3.8, 4) is 11.4 Å². The van der Waals surface area contributed by atoms with Gasteiger partial charge in [-0.1, -0.05) is 0 Å². The molecule has 2 aromatic heterocycles. The Balaban J connectivity index is 1.46. The number of rotatable bonds is 5. The number of hydrogen-bond acceptors (Lipinski definition) is 6. The van der Waals surface area contributed by atoms with Crippen molar-refractivity contribution in [2.75, 3.05) is 39.4 Å². The van der Waals surface area contributed by atoms with Gasteiger partial charge in [0.1, 0.15) is 5.82 Å². The molecule has 0 aliphatic carbocycles. The average Bonchev–Trinajstić information content (AvgIpc) is 3.27. The summed E-state index contributed by atoms with van der Waals surface area (Å²) >= 11 is 0. The van der Waals surface area contributed by atoms with E-state index in [2.05, 4.69) is 25.3 Å². The van der Waals surface area contributed by atoms with E-state index in [0.717, 1.165) is 57.1 Å². The number of ether oxygens (including phenoxy) is 1. The highest BCUT2D eigenvalue weighted by atomic mass is 16.5. The molecule has 9 heteroatoms. The van der Waals surface area contributed by atoms with Crippen LogP contribution in [0.1, 0.15) is 17.4 Å². The standard InChI is InChI=1S/C16H22N6O3/c23-16(24)14-13-12(1-2-17-14)19-15(20-13)11-9-18-22(10-11)4-3-21-5-7-25-8-6-21/h9-10,14,17H,1-8H2,(H,19,20)(H,23,24). The van der Waals surface area contributed by atoms with Crippen LogP contribution < -0.4 is 5.32 Å². The highest BCUT2D eigenvalue weighted by Gasteiger charge is 2.29. The Bertz CT molecular complexity index is 749. The fourth-order valence-corrected chi connectivity index (χ4v) is 3.31. The topological polar surface area (TPSA) is 108 Å². The molecule has 3 N–H and O–H groups in total. The SMILES string of the molecule is O=C(O)C1NCCc2[nH]c(-c3cnn(CCN4CCOCC4)c3)nc21. The third kappa shape index (κ3) is 3.44. The van der Waals surface area contributed by atoms with Gasteiger partial charge in [-0.25, -0.2) is 4.98 Å². The molecule has 134 valence electrons. The van der Waals surface area contributed by atoms with E-state index >= 15 is 0 Å². The number of aliphatic carboxylic acids is 1. The van der Waals surface area contributed by atoms with Gasteiger partial charge in [0, 0.05) is 44.5 Å². The zero-order chi connectivity index (χ0) is 17.2. The van der Waals surface area contributed by atoms with Crippen molar-refractivity contribution in [1.29, 1.82) is 0 Å². The summed E-state index contributed by atoms with van der Waals surface area (Å²) in [6.07, 6.45) is 4.47. The van der Waals surface area contributed by atoms with E-state index in [1.165, 1.54) is 0 Å². The molecule has 0 aromatic carbocycles. The minimum absolute atomic E-state index is 0.579. The maximum Gasteiger partial charge on any atom is 0.327 e. The molecule has 4 rings (SSSR count). The van der Waals surface area contributed by atoms with Crippen LogP contribution in [-0.4, -0.2) is 75.1 Å². The lowest BCUT2D eigenvalue weighted by molar-refractivity contribution is -0.139. The molecule has 9 nitrogen and oxygen atoms in total. The van der Waals surface area contributed by atoms with Gasteiger partial charge in [0.2, 0.25) is 0 Å². The maximum atomic E-state index is 11.4. The molecule has 1 atom stereocenters. The van der Waals surface area contributed by atoms with Crippen molar-refractivity contribution in [3.05, 3.63) is 23.8 Å². The van der Waals surface area contributed by atoms with E-state index in [4.69, 9.17) is 4.74 Å². The Morgan fingerprint density at radius 2 is 2.20 bits per heavy atom. The quantitative estimate of drug-likeness (QED) is 0.692. The van der Waals surface area contributed by atoms with Crippen LogP contribution in [0.25, 0.3) is 11.4 Å². The van der Waals surface area contributed by atoms with Crippen LogP contribution in [-0.2, 0) is 22.5 Å². The average molecular weight is 346 g/mol. The van der Waals surface area contributed by atoms with E-state index in [0.29, 0.717) is 18.1 Å². The highest BCUT2D eigenvalue weighted by Crippen LogP contribution is 2.25. The number of H-pyrrole nitrogens is 1. The summed E-state index contributed by atoms with van der Waals surface area (Å²) in [7, 11) is 0. The predicted octanol–water partition coefficient (Wildman–Crippen LogP) is -0.123. The minimum atomic E-state index is -0.903. The van der Waals surface area contributed by atoms with Crippen molar-refractivity contribution in [2.24, 2.45) is 0 Å². The van der Waals surface area contributed by atoms with Gasteiger partial charge in [-0.3, -0.25) is 19.7 Å². The van der Waals surface area contributed by atoms with Gasteiger partial charge in [-0.15, -0.1) is 0 Å². The van der Waals surface area contributed by atoms with Gasteiger partial charge < -0.3 is 14.8 Å². The molecule has 0 radical (unpaired) electrons. The number of nitrogens with one attached hydrogen (secondary N) is 2. The molecule has 2 aromatic rings. The number of fused-ring (bicyclic) bond motifs is 1. The van der Waals surface area contributed by atoms with Crippen LogP contribution >= 0.6 is 0 Å². The summed E-state index contributed by atoms with van der Waals surface area (Å²) in [6, 6.07) is -0.745. The number of hydrogen-bond donors (Lipinski definition) is 3. The zero-order valence-electron chi connectivity index (χ0n) is 13.9. The minimum Gasteiger partial charge on any atom is -0.480 e. The van der Waals surface area contributed by atoms with Gasteiger partial charge in [0.05, 0.1) is 37.2 Å². The molecule has 0 saturated carbocycles. The number of nitrogens with zero attached hydrogens (tertiary/aromatic N) is 4. The lowest BCUT2D eigenvalue weighted by Gasteiger charge is -2.26. The molecule has 1 fully saturated rings. The van der Waals surface area contributed by atoms with Crippen molar-refractivity contribution in [2.45, 2.75) is 19.0 Å². The molecule has 2 aliphatic rings. The van der Waals surface area contributed by atoms with Crippen LogP contribution in [0.2, 0.25) is 0 Å². The number of aromatic nitrogens is 4. The van der Waals surface area contributed by atoms with Crippen LogP contribution in [0.4, 0.5) is 0 Å². The Labute approximate surface area is 145 Å². The first kappa shape index (κ1) is 16.2. The van der Waals surface area contributed by atoms with Crippen molar-refractivity contribution in [3.63, 3.8) is 0 Å². The second-order valence-electron chi connectivity index (χ2n) is 6.37. The first-order valence-electron chi connectivity index (χ1n) is 8.58. The lowest BCUT2D eigenvalue weighted by Crippen LogP contribution is -2.38. The first-order chi connectivity index (χ1) is 12.2. The summed E-state index contributed by atoms with van der Waals surface area (Å²) in [4.78, 5) is 21.5. The summed E-state index contributed by atoms with van der Waals surface area (Å²) in [5, 5.41) is 16.7. The summed E-state index contributed by atoms with van der Waals surface area (Å²) in [6.45, 7) is 5.88. The van der Waals surface area contributed by atoms with Gasteiger partial charge >= 0.3 is 5.97 Å². The highest BCUT2D eigenvalue weighted by molar-refractivity contribution is 5.76. The molecule has 1 unspecified atom stereocenters. The first-order valence-corrected chi connectivity index (χ1v) is 8.58. The summed E-state index contributed by atoms with van der Waals surface area (Å²) < 4.78 is 7.26. The summed E-state index contributed by atoms with van der Waals surface area (Å²) in [5.74, 6) is -0.224. The van der Waals surface area contributed by atoms with E-state index < -0.39 is 12.0 Å². The second kappa shape index (κ2) is 6.95. The predicted molar refractivity (Wildman–Crippen MR) is 89.2 cm³/mol. The van der Waals surface area contributed by atoms with E-state index in [9.17, 15) is 9.90 Å². The number of carboxylic acid groups (broad SMARTS) is 1. The third-order valence-corrected chi connectivity index (χ3v) is 4.71. The van der Waals surface area contributed by atoms with Crippen LogP contribution in [0.15, 0.2) is 12.4 Å². The fraction of sp³-hybridized carbons (Fsp3) is 0.562. The number of carbonyl (C=O) groups is 1. The molecule has 2 aliphatic heterocycles. The van der Waals surface area contributed by atoms with Crippen LogP contribution in [0.3, 0.4) is 0 Å². The van der Waals surface area contributed by atoms with E-state index in [1.54, 1.807) is 6.20 Å². The Kier molecular flexibility index (Phi) is 4.51. The lowest BCUT2D eigenvalue weighted by atomic mass is 10.1. The van der Waals surface area contributed by atoms with Crippen molar-refractivity contribution >= 4 is 5.97 Å².